The van der Waals surface area contributed by atoms with Crippen LogP contribution in [-0.2, 0) is 4.79 Å². The number of hydrogen-bond acceptors (Lipinski definition) is 3. The molecule has 4 nitrogen and oxygen atoms in total. The quantitative estimate of drug-likeness (QED) is 0.345. The molecule has 0 aromatic carbocycles. The van der Waals surface area contributed by atoms with Crippen molar-refractivity contribution in [1.29, 1.82) is 0 Å². The first-order valence-electron chi connectivity index (χ1n) is 7.97. The molecule has 0 unspecified atom stereocenters. The molecule has 1 amide bonds. The zero-order chi connectivity index (χ0) is 17.7. The summed E-state index contributed by atoms with van der Waals surface area (Å²) in [6.45, 7) is 12.0. The van der Waals surface area contributed by atoms with Gasteiger partial charge in [-0.15, -0.1) is 6.58 Å². The molecule has 130 valence electrons. The van der Waals surface area contributed by atoms with Crippen molar-refractivity contribution >= 4 is 17.5 Å². The molecule has 0 aromatic rings. The van der Waals surface area contributed by atoms with Crippen LogP contribution in [0, 0.1) is 0 Å². The van der Waals surface area contributed by atoms with Gasteiger partial charge < -0.3 is 16.0 Å². The number of likely N-dealkylation sites (N-methyl/N-ethyl adjacent to an activating group) is 1. The number of carbonyl (C=O) groups is 1. The van der Waals surface area contributed by atoms with Gasteiger partial charge in [-0.1, -0.05) is 35.9 Å². The lowest BCUT2D eigenvalue weighted by Crippen LogP contribution is -2.45. The Kier molecular flexibility index (Phi) is 12.3. The molecule has 0 saturated heterocycles. The average molecular weight is 340 g/mol. The van der Waals surface area contributed by atoms with Crippen molar-refractivity contribution in [3.63, 3.8) is 0 Å². The van der Waals surface area contributed by atoms with Crippen molar-refractivity contribution in [2.24, 2.45) is 5.73 Å². The molecule has 0 aliphatic rings. The zero-order valence-corrected chi connectivity index (χ0v) is 15.3. The summed E-state index contributed by atoms with van der Waals surface area (Å²) in [7, 11) is 0. The van der Waals surface area contributed by atoms with Gasteiger partial charge in [-0.05, 0) is 45.4 Å². The molecule has 23 heavy (non-hydrogen) atoms. The monoisotopic (exact) mass is 339 g/mol. The number of halogens is 1. The normalized spacial score (nSPS) is 14.1. The molecule has 0 aliphatic heterocycles. The van der Waals surface area contributed by atoms with Crippen molar-refractivity contribution in [2.75, 3.05) is 26.2 Å². The van der Waals surface area contributed by atoms with Gasteiger partial charge in [-0.2, -0.15) is 0 Å². The number of nitrogens with two attached hydrogens (primary N) is 1. The number of allylic oxidation sites excluding steroid dienone is 4. The van der Waals surface area contributed by atoms with Crippen LogP contribution in [0.1, 0.15) is 27.2 Å². The molecule has 0 aliphatic carbocycles. The number of hydrogen-bond donors (Lipinski definition) is 2. The maximum atomic E-state index is 12.2. The fourth-order valence-corrected chi connectivity index (χ4v) is 2.05. The second-order valence-electron chi connectivity index (χ2n) is 5.23. The molecular formula is C18H30ClN3O. The number of amides is 1. The number of nitrogens with zero attached hydrogens (tertiary/aromatic N) is 1. The first-order valence-corrected chi connectivity index (χ1v) is 8.35. The molecule has 0 heterocycles. The lowest BCUT2D eigenvalue weighted by Gasteiger charge is -2.23. The average Bonchev–Trinajstić information content (AvgIpc) is 2.53. The lowest BCUT2D eigenvalue weighted by atomic mass is 10.1. The van der Waals surface area contributed by atoms with Gasteiger partial charge in [0, 0.05) is 24.7 Å². The largest absolute Gasteiger partial charge is 0.338 e. The summed E-state index contributed by atoms with van der Waals surface area (Å²) >= 11 is 5.84. The Morgan fingerprint density at radius 2 is 2.13 bits per heavy atom. The smallest absolute Gasteiger partial charge is 0.239 e. The highest BCUT2D eigenvalue weighted by molar-refractivity contribution is 6.29. The third kappa shape index (κ3) is 10.1. The van der Waals surface area contributed by atoms with Gasteiger partial charge in [0.15, 0.2) is 0 Å². The maximum absolute atomic E-state index is 12.2. The second kappa shape index (κ2) is 13.1. The first-order chi connectivity index (χ1) is 11.0. The zero-order valence-electron chi connectivity index (χ0n) is 14.5. The van der Waals surface area contributed by atoms with E-state index in [4.69, 9.17) is 17.3 Å². The van der Waals surface area contributed by atoms with E-state index in [9.17, 15) is 4.79 Å². The van der Waals surface area contributed by atoms with Gasteiger partial charge >= 0.3 is 0 Å². The van der Waals surface area contributed by atoms with Crippen LogP contribution in [0.25, 0.3) is 0 Å². The summed E-state index contributed by atoms with van der Waals surface area (Å²) in [5.41, 5.74) is 7.10. The molecule has 5 heteroatoms. The Hall–Kier alpha value is -1.36. The van der Waals surface area contributed by atoms with Crippen LogP contribution in [-0.4, -0.2) is 43.0 Å². The number of rotatable bonds is 11. The van der Waals surface area contributed by atoms with E-state index >= 15 is 0 Å². The Labute approximate surface area is 145 Å². The molecule has 3 N–H and O–H groups in total. The van der Waals surface area contributed by atoms with Crippen molar-refractivity contribution < 1.29 is 4.79 Å². The van der Waals surface area contributed by atoms with Crippen LogP contribution in [0.4, 0.5) is 0 Å². The Balaban J connectivity index is 4.32. The van der Waals surface area contributed by atoms with Crippen molar-refractivity contribution in [3.05, 3.63) is 47.6 Å². The van der Waals surface area contributed by atoms with Gasteiger partial charge in [-0.25, -0.2) is 0 Å². The molecule has 0 fully saturated rings. The van der Waals surface area contributed by atoms with Gasteiger partial charge in [0.05, 0.1) is 6.04 Å². The number of nitrogens with one attached hydrogen (secondary N) is 1. The maximum Gasteiger partial charge on any atom is 0.239 e. The van der Waals surface area contributed by atoms with Crippen LogP contribution in [0.15, 0.2) is 47.6 Å². The SMILES string of the molecule is C=CCN(CC)C(=O)[C@@H](N)CCNCC(/C=C\C)=C/C=C(\C)Cl. The number of carbonyl (C=O) groups excluding carboxylic acids is 1. The molecule has 0 spiro atoms. The molecule has 0 radical (unpaired) electrons. The summed E-state index contributed by atoms with van der Waals surface area (Å²) in [4.78, 5) is 13.9. The van der Waals surface area contributed by atoms with Gasteiger partial charge in [0.25, 0.3) is 0 Å². The van der Waals surface area contributed by atoms with Crippen LogP contribution < -0.4 is 11.1 Å². The minimum absolute atomic E-state index is 0.0286. The minimum atomic E-state index is -0.485. The molecule has 0 aromatic heterocycles. The van der Waals surface area contributed by atoms with Crippen LogP contribution >= 0.6 is 11.6 Å². The fraction of sp³-hybridized carbons (Fsp3) is 0.500. The third-order valence-corrected chi connectivity index (χ3v) is 3.36. The lowest BCUT2D eigenvalue weighted by molar-refractivity contribution is -0.132. The second-order valence-corrected chi connectivity index (χ2v) is 5.83. The van der Waals surface area contributed by atoms with Crippen LogP contribution in [0.2, 0.25) is 0 Å². The third-order valence-electron chi connectivity index (χ3n) is 3.23. The van der Waals surface area contributed by atoms with Gasteiger partial charge in [0.2, 0.25) is 5.91 Å². The molecule has 0 bridgehead atoms. The van der Waals surface area contributed by atoms with Crippen LogP contribution in [0.5, 0.6) is 0 Å². The predicted molar refractivity (Wildman–Crippen MR) is 100 cm³/mol. The van der Waals surface area contributed by atoms with Crippen molar-refractivity contribution in [3.8, 4) is 0 Å². The summed E-state index contributed by atoms with van der Waals surface area (Å²) < 4.78 is 0. The summed E-state index contributed by atoms with van der Waals surface area (Å²) in [6.07, 6.45) is 10.2. The van der Waals surface area contributed by atoms with Crippen molar-refractivity contribution in [2.45, 2.75) is 33.2 Å². The summed E-state index contributed by atoms with van der Waals surface area (Å²) in [5, 5.41) is 4.04. The minimum Gasteiger partial charge on any atom is -0.338 e. The fourth-order valence-electron chi connectivity index (χ4n) is 1.99. The Morgan fingerprint density at radius 1 is 1.43 bits per heavy atom. The van der Waals surface area contributed by atoms with E-state index in [2.05, 4.69) is 11.9 Å². The van der Waals surface area contributed by atoms with Gasteiger partial charge in [0.1, 0.15) is 0 Å². The van der Waals surface area contributed by atoms with E-state index in [0.29, 0.717) is 32.6 Å². The van der Waals surface area contributed by atoms with E-state index in [0.717, 1.165) is 10.6 Å². The van der Waals surface area contributed by atoms with E-state index in [1.807, 2.05) is 45.1 Å². The first kappa shape index (κ1) is 21.6. The highest BCUT2D eigenvalue weighted by Gasteiger charge is 2.18. The van der Waals surface area contributed by atoms with E-state index in [1.54, 1.807) is 11.0 Å². The van der Waals surface area contributed by atoms with E-state index in [1.165, 1.54) is 0 Å². The molecule has 0 rings (SSSR count). The summed E-state index contributed by atoms with van der Waals surface area (Å²) in [6, 6.07) is -0.485. The topological polar surface area (TPSA) is 58.4 Å². The standard InChI is InChI=1S/C18H30ClN3O/c1-5-8-16(10-9-15(4)19)14-21-12-11-17(20)18(23)22(7-3)13-6-2/h5-6,8-10,17,21H,2,7,11-14,20H2,1,3-4H3/b8-5-,15-9+,16-10+/t17-/m0/s1. The Morgan fingerprint density at radius 3 is 2.65 bits per heavy atom. The summed E-state index contributed by atoms with van der Waals surface area (Å²) in [5.74, 6) is -0.0286. The van der Waals surface area contributed by atoms with E-state index < -0.39 is 6.04 Å². The van der Waals surface area contributed by atoms with Crippen molar-refractivity contribution in [1.82, 2.24) is 10.2 Å². The predicted octanol–water partition coefficient (Wildman–Crippen LogP) is 2.97. The highest BCUT2D eigenvalue weighted by Crippen LogP contribution is 2.03. The van der Waals surface area contributed by atoms with E-state index in [-0.39, 0.29) is 5.91 Å². The molecular weight excluding hydrogens is 310 g/mol. The highest BCUT2D eigenvalue weighted by atomic mass is 35.5. The molecule has 0 saturated carbocycles. The Bertz CT molecular complexity index is 451. The van der Waals surface area contributed by atoms with Crippen LogP contribution in [0.3, 0.4) is 0 Å². The van der Waals surface area contributed by atoms with Gasteiger partial charge in [-0.3, -0.25) is 4.79 Å². The molecule has 1 atom stereocenters.